The smallest absolute Gasteiger partial charge is 0.237 e. The molecule has 4 heteroatoms. The van der Waals surface area contributed by atoms with Gasteiger partial charge in [-0.3, -0.25) is 14.5 Å². The van der Waals surface area contributed by atoms with E-state index in [9.17, 15) is 9.59 Å². The number of carbonyl (C=O) groups excluding carboxylic acids is 2. The fraction of sp³-hybridized carbons (Fsp3) is 0.846. The van der Waals surface area contributed by atoms with Gasteiger partial charge in [0.25, 0.3) is 0 Å². The van der Waals surface area contributed by atoms with Crippen LogP contribution in [0, 0.1) is 0 Å². The van der Waals surface area contributed by atoms with Crippen molar-refractivity contribution in [2.75, 3.05) is 13.6 Å². The maximum atomic E-state index is 11.9. The van der Waals surface area contributed by atoms with Crippen molar-refractivity contribution in [3.05, 3.63) is 0 Å². The van der Waals surface area contributed by atoms with E-state index in [1.165, 1.54) is 6.42 Å². The van der Waals surface area contributed by atoms with Crippen LogP contribution in [0.3, 0.4) is 0 Å². The van der Waals surface area contributed by atoms with Crippen molar-refractivity contribution in [2.45, 2.75) is 57.0 Å². The lowest BCUT2D eigenvalue weighted by Crippen LogP contribution is -2.53. The van der Waals surface area contributed by atoms with Gasteiger partial charge in [0.1, 0.15) is 5.78 Å². The molecule has 1 aliphatic heterocycles. The number of amides is 1. The van der Waals surface area contributed by atoms with Crippen molar-refractivity contribution in [3.8, 4) is 0 Å². The van der Waals surface area contributed by atoms with E-state index in [4.69, 9.17) is 0 Å². The third-order valence-electron chi connectivity index (χ3n) is 4.08. The summed E-state index contributed by atoms with van der Waals surface area (Å²) in [7, 11) is 1.71. The average molecular weight is 238 g/mol. The highest BCUT2D eigenvalue weighted by Crippen LogP contribution is 2.27. The Labute approximate surface area is 103 Å². The molecule has 0 spiro atoms. The summed E-state index contributed by atoms with van der Waals surface area (Å²) in [5.74, 6) is 0.524. The third-order valence-corrected chi connectivity index (χ3v) is 4.08. The van der Waals surface area contributed by atoms with Crippen molar-refractivity contribution >= 4 is 11.7 Å². The summed E-state index contributed by atoms with van der Waals surface area (Å²) in [5.41, 5.74) is 0. The molecule has 1 saturated carbocycles. The lowest BCUT2D eigenvalue weighted by Gasteiger charge is -2.41. The normalized spacial score (nSPS) is 28.1. The maximum absolute atomic E-state index is 11.9. The van der Waals surface area contributed by atoms with E-state index in [0.717, 1.165) is 32.2 Å². The molecule has 17 heavy (non-hydrogen) atoms. The second-order valence-electron chi connectivity index (χ2n) is 5.13. The number of rotatable bonds is 2. The van der Waals surface area contributed by atoms with E-state index in [1.54, 1.807) is 7.05 Å². The van der Waals surface area contributed by atoms with Gasteiger partial charge in [-0.15, -0.1) is 0 Å². The van der Waals surface area contributed by atoms with Gasteiger partial charge in [-0.2, -0.15) is 0 Å². The molecule has 1 N–H and O–H groups in total. The summed E-state index contributed by atoms with van der Waals surface area (Å²) in [6.07, 6.45) is 6.55. The Morgan fingerprint density at radius 2 is 1.94 bits per heavy atom. The summed E-state index contributed by atoms with van der Waals surface area (Å²) in [6.45, 7) is 1.01. The lowest BCUT2D eigenvalue weighted by molar-refractivity contribution is -0.129. The zero-order valence-corrected chi connectivity index (χ0v) is 10.6. The van der Waals surface area contributed by atoms with Crippen LogP contribution in [0.4, 0.5) is 0 Å². The fourth-order valence-corrected chi connectivity index (χ4v) is 3.10. The Morgan fingerprint density at radius 3 is 2.59 bits per heavy atom. The molecular formula is C13H22N2O2. The van der Waals surface area contributed by atoms with Crippen molar-refractivity contribution < 1.29 is 9.59 Å². The molecule has 0 aromatic carbocycles. The molecule has 1 amide bonds. The predicted molar refractivity (Wildman–Crippen MR) is 65.7 cm³/mol. The molecule has 0 aromatic rings. The van der Waals surface area contributed by atoms with Crippen LogP contribution in [-0.4, -0.2) is 42.3 Å². The van der Waals surface area contributed by atoms with Gasteiger partial charge in [0, 0.05) is 25.9 Å². The Balaban J connectivity index is 2.00. The highest BCUT2D eigenvalue weighted by Gasteiger charge is 2.34. The summed E-state index contributed by atoms with van der Waals surface area (Å²) < 4.78 is 0. The van der Waals surface area contributed by atoms with Gasteiger partial charge in [-0.25, -0.2) is 0 Å². The van der Waals surface area contributed by atoms with Crippen LogP contribution in [0.1, 0.15) is 44.9 Å². The molecule has 1 saturated heterocycles. The van der Waals surface area contributed by atoms with Crippen molar-refractivity contribution in [1.29, 1.82) is 0 Å². The minimum absolute atomic E-state index is 0.0342. The number of likely N-dealkylation sites (tertiary alicyclic amines) is 1. The SMILES string of the molecule is CNC(=O)C1CCCCN1C1CCC(=O)CC1. The second kappa shape index (κ2) is 5.63. The highest BCUT2D eigenvalue weighted by molar-refractivity contribution is 5.82. The van der Waals surface area contributed by atoms with Crippen LogP contribution >= 0.6 is 0 Å². The molecular weight excluding hydrogens is 216 g/mol. The van der Waals surface area contributed by atoms with Crippen molar-refractivity contribution in [1.82, 2.24) is 10.2 Å². The quantitative estimate of drug-likeness (QED) is 0.783. The Morgan fingerprint density at radius 1 is 1.24 bits per heavy atom. The van der Waals surface area contributed by atoms with Crippen LogP contribution < -0.4 is 5.32 Å². The largest absolute Gasteiger partial charge is 0.358 e. The van der Waals surface area contributed by atoms with Gasteiger partial charge in [0.2, 0.25) is 5.91 Å². The maximum Gasteiger partial charge on any atom is 0.237 e. The van der Waals surface area contributed by atoms with E-state index in [1.807, 2.05) is 0 Å². The van der Waals surface area contributed by atoms with E-state index >= 15 is 0 Å². The number of ketones is 1. The molecule has 2 rings (SSSR count). The summed E-state index contributed by atoms with van der Waals surface area (Å²) in [5, 5.41) is 2.76. The van der Waals surface area contributed by atoms with E-state index in [0.29, 0.717) is 24.7 Å². The van der Waals surface area contributed by atoms with Crippen LogP contribution in [-0.2, 0) is 9.59 Å². The van der Waals surface area contributed by atoms with E-state index < -0.39 is 0 Å². The fourth-order valence-electron chi connectivity index (χ4n) is 3.10. The molecule has 96 valence electrons. The predicted octanol–water partition coefficient (Wildman–Crippen LogP) is 1.10. The molecule has 0 bridgehead atoms. The molecule has 2 fully saturated rings. The zero-order chi connectivity index (χ0) is 12.3. The van der Waals surface area contributed by atoms with Crippen LogP contribution in [0.25, 0.3) is 0 Å². The standard InChI is InChI=1S/C13H22N2O2/c1-14-13(17)12-4-2-3-9-15(12)10-5-7-11(16)8-6-10/h10,12H,2-9H2,1H3,(H,14,17). The topological polar surface area (TPSA) is 49.4 Å². The zero-order valence-electron chi connectivity index (χ0n) is 10.6. The summed E-state index contributed by atoms with van der Waals surface area (Å²) in [6, 6.07) is 0.474. The Kier molecular flexibility index (Phi) is 4.15. The van der Waals surface area contributed by atoms with Crippen molar-refractivity contribution in [3.63, 3.8) is 0 Å². The molecule has 1 unspecified atom stereocenters. The molecule has 1 aliphatic carbocycles. The number of hydrogen-bond donors (Lipinski definition) is 1. The first-order valence-corrected chi connectivity index (χ1v) is 6.71. The first-order valence-electron chi connectivity index (χ1n) is 6.71. The van der Waals surface area contributed by atoms with Gasteiger partial charge in [-0.1, -0.05) is 6.42 Å². The summed E-state index contributed by atoms with van der Waals surface area (Å²) in [4.78, 5) is 25.5. The number of Topliss-reactive ketones (excluding diaryl/α,β-unsaturated/α-hetero) is 1. The highest BCUT2D eigenvalue weighted by atomic mass is 16.2. The number of hydrogen-bond acceptors (Lipinski definition) is 3. The Bertz CT molecular complexity index is 294. The van der Waals surface area contributed by atoms with Crippen LogP contribution in [0.15, 0.2) is 0 Å². The van der Waals surface area contributed by atoms with Gasteiger partial charge in [0.05, 0.1) is 6.04 Å². The van der Waals surface area contributed by atoms with Crippen LogP contribution in [0.2, 0.25) is 0 Å². The van der Waals surface area contributed by atoms with Crippen molar-refractivity contribution in [2.24, 2.45) is 0 Å². The van der Waals surface area contributed by atoms with E-state index in [-0.39, 0.29) is 11.9 Å². The second-order valence-corrected chi connectivity index (χ2v) is 5.13. The molecule has 0 aromatic heterocycles. The molecule has 1 heterocycles. The lowest BCUT2D eigenvalue weighted by atomic mass is 9.89. The van der Waals surface area contributed by atoms with Gasteiger partial charge >= 0.3 is 0 Å². The number of carbonyl (C=O) groups is 2. The minimum atomic E-state index is 0.0342. The first kappa shape index (κ1) is 12.6. The number of nitrogens with zero attached hydrogens (tertiary/aromatic N) is 1. The number of likely N-dealkylation sites (N-methyl/N-ethyl adjacent to an activating group) is 1. The number of piperidine rings is 1. The molecule has 4 nitrogen and oxygen atoms in total. The minimum Gasteiger partial charge on any atom is -0.358 e. The first-order chi connectivity index (χ1) is 8.22. The van der Waals surface area contributed by atoms with Gasteiger partial charge < -0.3 is 5.32 Å². The van der Waals surface area contributed by atoms with E-state index in [2.05, 4.69) is 10.2 Å². The monoisotopic (exact) mass is 238 g/mol. The molecule has 1 atom stereocenters. The third kappa shape index (κ3) is 2.86. The van der Waals surface area contributed by atoms with Crippen LogP contribution in [0.5, 0.6) is 0 Å². The molecule has 0 radical (unpaired) electrons. The molecule has 2 aliphatic rings. The summed E-state index contributed by atoms with van der Waals surface area (Å²) >= 11 is 0. The Hall–Kier alpha value is -0.900. The average Bonchev–Trinajstić information content (AvgIpc) is 2.39. The van der Waals surface area contributed by atoms with Gasteiger partial charge in [0.15, 0.2) is 0 Å². The number of nitrogens with one attached hydrogen (secondary N) is 1. The van der Waals surface area contributed by atoms with Gasteiger partial charge in [-0.05, 0) is 32.2 Å².